The Bertz CT molecular complexity index is 330. The van der Waals surface area contributed by atoms with Crippen LogP contribution < -0.4 is 0 Å². The van der Waals surface area contributed by atoms with Gasteiger partial charge in [-0.15, -0.1) is 0 Å². The highest BCUT2D eigenvalue weighted by atomic mass is 16.4. The second kappa shape index (κ2) is 23.7. The van der Waals surface area contributed by atoms with Crippen molar-refractivity contribution in [3.8, 4) is 0 Å². The Morgan fingerprint density at radius 1 is 0.552 bits per heavy atom. The lowest BCUT2D eigenvalue weighted by molar-refractivity contribution is -0.137. The first-order chi connectivity index (χ1) is 14.2. The van der Waals surface area contributed by atoms with Gasteiger partial charge < -0.3 is 10.2 Å². The van der Waals surface area contributed by atoms with Crippen molar-refractivity contribution in [1.82, 2.24) is 0 Å². The van der Waals surface area contributed by atoms with Crippen LogP contribution in [0, 0.1) is 0 Å². The van der Waals surface area contributed by atoms with Crippen LogP contribution in [0.3, 0.4) is 0 Å². The van der Waals surface area contributed by atoms with Crippen LogP contribution in [0.15, 0.2) is 0 Å². The molecule has 0 spiro atoms. The third-order valence-electron chi connectivity index (χ3n) is 6.07. The summed E-state index contributed by atoms with van der Waals surface area (Å²) in [4.78, 5) is 10.4. The van der Waals surface area contributed by atoms with Gasteiger partial charge in [-0.05, 0) is 19.3 Å². The topological polar surface area (TPSA) is 57.5 Å². The molecule has 0 saturated carbocycles. The molecule has 0 heterocycles. The number of hydrogen-bond acceptors (Lipinski definition) is 2. The maximum atomic E-state index is 10.4. The zero-order valence-electron chi connectivity index (χ0n) is 19.6. The third-order valence-corrected chi connectivity index (χ3v) is 6.07. The van der Waals surface area contributed by atoms with Crippen LogP contribution in [0.5, 0.6) is 0 Å². The first-order valence-corrected chi connectivity index (χ1v) is 13.1. The summed E-state index contributed by atoms with van der Waals surface area (Å²) in [7, 11) is 0. The van der Waals surface area contributed by atoms with Crippen molar-refractivity contribution >= 4 is 5.97 Å². The van der Waals surface area contributed by atoms with E-state index in [1.807, 2.05) is 0 Å². The largest absolute Gasteiger partial charge is 0.481 e. The fourth-order valence-electron chi connectivity index (χ4n) is 4.08. The molecule has 0 aromatic heterocycles. The minimum atomic E-state index is -0.671. The monoisotopic (exact) mass is 412 g/mol. The molecule has 0 amide bonds. The van der Waals surface area contributed by atoms with Crippen LogP contribution in [-0.2, 0) is 4.79 Å². The number of aliphatic hydroxyl groups excluding tert-OH is 1. The van der Waals surface area contributed by atoms with E-state index in [9.17, 15) is 9.90 Å². The zero-order chi connectivity index (χ0) is 21.4. The predicted molar refractivity (Wildman–Crippen MR) is 126 cm³/mol. The van der Waals surface area contributed by atoms with Gasteiger partial charge in [-0.2, -0.15) is 0 Å². The SMILES string of the molecule is CCCCCCCCCCCCCC(O)CCCCCCCCCCCC(=O)O. The van der Waals surface area contributed by atoms with Gasteiger partial charge in [0.25, 0.3) is 0 Å². The van der Waals surface area contributed by atoms with Gasteiger partial charge >= 0.3 is 5.97 Å². The molecule has 1 atom stereocenters. The van der Waals surface area contributed by atoms with Gasteiger partial charge in [-0.25, -0.2) is 0 Å². The minimum absolute atomic E-state index is 0.0807. The van der Waals surface area contributed by atoms with E-state index < -0.39 is 5.97 Å². The lowest BCUT2D eigenvalue weighted by Gasteiger charge is -2.10. The second-order valence-electron chi connectivity index (χ2n) is 9.09. The molecular formula is C26H52O3. The van der Waals surface area contributed by atoms with E-state index in [0.717, 1.165) is 32.1 Å². The lowest BCUT2D eigenvalue weighted by atomic mass is 10.0. The zero-order valence-corrected chi connectivity index (χ0v) is 19.6. The Morgan fingerprint density at radius 3 is 1.21 bits per heavy atom. The van der Waals surface area contributed by atoms with Crippen LogP contribution in [0.4, 0.5) is 0 Å². The first kappa shape index (κ1) is 28.4. The molecule has 0 aliphatic heterocycles. The summed E-state index contributed by atoms with van der Waals surface area (Å²) < 4.78 is 0. The van der Waals surface area contributed by atoms with Crippen LogP contribution in [-0.4, -0.2) is 22.3 Å². The molecule has 0 rings (SSSR count). The maximum absolute atomic E-state index is 10.4. The molecular weight excluding hydrogens is 360 g/mol. The van der Waals surface area contributed by atoms with Crippen LogP contribution in [0.1, 0.15) is 155 Å². The molecule has 2 N–H and O–H groups in total. The highest BCUT2D eigenvalue weighted by Crippen LogP contribution is 2.16. The molecule has 3 nitrogen and oxygen atoms in total. The van der Waals surface area contributed by atoms with Crippen LogP contribution in [0.2, 0.25) is 0 Å². The smallest absolute Gasteiger partial charge is 0.303 e. The Balaban J connectivity index is 3.15. The van der Waals surface area contributed by atoms with Crippen molar-refractivity contribution in [2.24, 2.45) is 0 Å². The average molecular weight is 413 g/mol. The number of rotatable bonds is 24. The van der Waals surface area contributed by atoms with Crippen molar-refractivity contribution < 1.29 is 15.0 Å². The van der Waals surface area contributed by atoms with Crippen molar-refractivity contribution in [3.05, 3.63) is 0 Å². The fraction of sp³-hybridized carbons (Fsp3) is 0.962. The highest BCUT2D eigenvalue weighted by molar-refractivity contribution is 5.66. The molecule has 0 bridgehead atoms. The summed E-state index contributed by atoms with van der Waals surface area (Å²) in [5.74, 6) is -0.671. The summed E-state index contributed by atoms with van der Waals surface area (Å²) >= 11 is 0. The molecule has 0 aliphatic rings. The fourth-order valence-corrected chi connectivity index (χ4v) is 4.08. The van der Waals surface area contributed by atoms with Crippen molar-refractivity contribution in [2.45, 2.75) is 161 Å². The van der Waals surface area contributed by atoms with E-state index in [1.54, 1.807) is 0 Å². The molecule has 29 heavy (non-hydrogen) atoms. The first-order valence-electron chi connectivity index (χ1n) is 13.1. The minimum Gasteiger partial charge on any atom is -0.481 e. The van der Waals surface area contributed by atoms with Crippen LogP contribution >= 0.6 is 0 Å². The predicted octanol–water partition coefficient (Wildman–Crippen LogP) is 8.42. The highest BCUT2D eigenvalue weighted by Gasteiger charge is 2.04. The molecule has 0 aliphatic carbocycles. The Hall–Kier alpha value is -0.570. The van der Waals surface area contributed by atoms with Crippen molar-refractivity contribution in [1.29, 1.82) is 0 Å². The van der Waals surface area contributed by atoms with Gasteiger partial charge in [-0.3, -0.25) is 4.79 Å². The van der Waals surface area contributed by atoms with E-state index >= 15 is 0 Å². The third kappa shape index (κ3) is 25.4. The summed E-state index contributed by atoms with van der Waals surface area (Å²) in [5, 5.41) is 18.7. The summed E-state index contributed by atoms with van der Waals surface area (Å²) in [6, 6.07) is 0. The maximum Gasteiger partial charge on any atom is 0.303 e. The number of aliphatic carboxylic acids is 1. The van der Waals surface area contributed by atoms with Crippen molar-refractivity contribution in [2.75, 3.05) is 0 Å². The lowest BCUT2D eigenvalue weighted by Crippen LogP contribution is -2.05. The van der Waals surface area contributed by atoms with E-state index in [0.29, 0.717) is 6.42 Å². The van der Waals surface area contributed by atoms with Gasteiger partial charge in [-0.1, -0.05) is 129 Å². The second-order valence-corrected chi connectivity index (χ2v) is 9.09. The molecule has 0 radical (unpaired) electrons. The Kier molecular flexibility index (Phi) is 23.2. The molecule has 0 fully saturated rings. The van der Waals surface area contributed by atoms with Gasteiger partial charge in [0.2, 0.25) is 0 Å². The summed E-state index contributed by atoms with van der Waals surface area (Å²) in [6.45, 7) is 2.27. The number of carboxylic acid groups (broad SMARTS) is 1. The molecule has 174 valence electrons. The number of hydrogen-bond donors (Lipinski definition) is 2. The number of carboxylic acids is 1. The molecule has 0 aromatic rings. The van der Waals surface area contributed by atoms with Gasteiger partial charge in [0.1, 0.15) is 0 Å². The van der Waals surface area contributed by atoms with Crippen molar-refractivity contribution in [3.63, 3.8) is 0 Å². The molecule has 0 aromatic carbocycles. The Morgan fingerprint density at radius 2 is 0.862 bits per heavy atom. The molecule has 3 heteroatoms. The number of unbranched alkanes of at least 4 members (excludes halogenated alkanes) is 18. The number of carbonyl (C=O) groups is 1. The average Bonchev–Trinajstić information content (AvgIpc) is 2.70. The Labute approximate surface area is 182 Å². The molecule has 0 saturated heterocycles. The van der Waals surface area contributed by atoms with E-state index in [-0.39, 0.29) is 6.10 Å². The van der Waals surface area contributed by atoms with Gasteiger partial charge in [0.15, 0.2) is 0 Å². The van der Waals surface area contributed by atoms with Gasteiger partial charge in [0, 0.05) is 6.42 Å². The standard InChI is InChI=1S/C26H52O3/c1-2-3-4-5-6-7-8-10-13-16-19-22-25(27)23-20-17-14-11-9-12-15-18-21-24-26(28)29/h25,27H,2-24H2,1H3,(H,28,29). The van der Waals surface area contributed by atoms with Gasteiger partial charge in [0.05, 0.1) is 6.10 Å². The normalized spacial score (nSPS) is 12.3. The van der Waals surface area contributed by atoms with E-state index in [2.05, 4.69) is 6.92 Å². The molecule has 1 unspecified atom stereocenters. The summed E-state index contributed by atoms with van der Waals surface area (Å²) in [5.41, 5.74) is 0. The van der Waals surface area contributed by atoms with Crippen LogP contribution in [0.25, 0.3) is 0 Å². The number of aliphatic hydroxyl groups is 1. The summed E-state index contributed by atoms with van der Waals surface area (Å²) in [6.07, 6.45) is 27.8. The van der Waals surface area contributed by atoms with E-state index in [4.69, 9.17) is 5.11 Å². The quantitative estimate of drug-likeness (QED) is 0.156. The van der Waals surface area contributed by atoms with E-state index in [1.165, 1.54) is 109 Å².